The minimum atomic E-state index is -0.285. The molecule has 108 valence electrons. The van der Waals surface area contributed by atoms with Crippen molar-refractivity contribution in [1.29, 1.82) is 0 Å². The van der Waals surface area contributed by atoms with Crippen molar-refractivity contribution in [2.45, 2.75) is 6.92 Å². The first-order chi connectivity index (χ1) is 10.1. The van der Waals surface area contributed by atoms with Gasteiger partial charge < -0.3 is 4.42 Å². The number of carbonyl (C=O) groups is 1. The van der Waals surface area contributed by atoms with E-state index in [1.165, 1.54) is 11.8 Å². The van der Waals surface area contributed by atoms with Crippen molar-refractivity contribution in [3.05, 3.63) is 46.7 Å². The molecule has 0 spiro atoms. The van der Waals surface area contributed by atoms with Crippen LogP contribution in [0.25, 0.3) is 11.3 Å². The Bertz CT molecular complexity index is 724. The summed E-state index contributed by atoms with van der Waals surface area (Å²) in [5.41, 5.74) is 1.85. The Kier molecular flexibility index (Phi) is 4.03. The molecule has 0 saturated heterocycles. The van der Waals surface area contributed by atoms with Crippen LogP contribution in [0.2, 0.25) is 5.02 Å². The maximum Gasteiger partial charge on any atom is 0.292 e. The van der Waals surface area contributed by atoms with E-state index < -0.39 is 0 Å². The molecule has 21 heavy (non-hydrogen) atoms. The normalized spacial score (nSPS) is 14.1. The third kappa shape index (κ3) is 3.14. The van der Waals surface area contributed by atoms with E-state index >= 15 is 0 Å². The minimum Gasteiger partial charge on any atom is -0.451 e. The second kappa shape index (κ2) is 5.95. The van der Waals surface area contributed by atoms with Gasteiger partial charge in [-0.15, -0.1) is 0 Å². The highest BCUT2D eigenvalue weighted by molar-refractivity contribution is 8.14. The van der Waals surface area contributed by atoms with Gasteiger partial charge in [-0.2, -0.15) is 0 Å². The number of nitrogens with zero attached hydrogens (tertiary/aromatic N) is 1. The highest BCUT2D eigenvalue weighted by atomic mass is 35.5. The number of nitrogens with one attached hydrogen (secondary N) is 1. The lowest BCUT2D eigenvalue weighted by Gasteiger charge is -2.02. The minimum absolute atomic E-state index is 0.261. The van der Waals surface area contributed by atoms with Gasteiger partial charge in [0.1, 0.15) is 5.76 Å². The summed E-state index contributed by atoms with van der Waals surface area (Å²) < 4.78 is 5.60. The number of amidine groups is 1. The van der Waals surface area contributed by atoms with Crippen molar-refractivity contribution < 1.29 is 9.21 Å². The topological polar surface area (TPSA) is 54.6 Å². The van der Waals surface area contributed by atoms with Crippen LogP contribution in [0.5, 0.6) is 0 Å². The van der Waals surface area contributed by atoms with E-state index in [1.807, 2.05) is 25.1 Å². The van der Waals surface area contributed by atoms with Gasteiger partial charge in [-0.3, -0.25) is 15.1 Å². The van der Waals surface area contributed by atoms with Gasteiger partial charge in [-0.1, -0.05) is 35.5 Å². The van der Waals surface area contributed by atoms with E-state index in [2.05, 4.69) is 10.3 Å². The summed E-state index contributed by atoms with van der Waals surface area (Å²) in [5, 5.41) is 4.06. The number of amides is 1. The number of thioether (sulfide) groups is 1. The average molecular weight is 321 g/mol. The van der Waals surface area contributed by atoms with Crippen LogP contribution >= 0.6 is 23.4 Å². The first kappa shape index (κ1) is 14.2. The van der Waals surface area contributed by atoms with Crippen LogP contribution < -0.4 is 5.32 Å². The second-order valence-electron chi connectivity index (χ2n) is 4.62. The number of halogens is 1. The third-order valence-electron chi connectivity index (χ3n) is 3.09. The first-order valence-electron chi connectivity index (χ1n) is 6.48. The molecule has 6 heteroatoms. The Labute approximate surface area is 131 Å². The van der Waals surface area contributed by atoms with Crippen LogP contribution in [0, 0.1) is 6.92 Å². The van der Waals surface area contributed by atoms with E-state index in [0.717, 1.165) is 23.4 Å². The quantitative estimate of drug-likeness (QED) is 0.917. The van der Waals surface area contributed by atoms with Crippen molar-refractivity contribution in [1.82, 2.24) is 5.32 Å². The van der Waals surface area contributed by atoms with Crippen molar-refractivity contribution in [3.8, 4) is 11.3 Å². The molecule has 4 nitrogen and oxygen atoms in total. The summed E-state index contributed by atoms with van der Waals surface area (Å²) in [6, 6.07) is 9.08. The molecular weight excluding hydrogens is 308 g/mol. The fourth-order valence-corrected chi connectivity index (χ4v) is 2.83. The van der Waals surface area contributed by atoms with Gasteiger partial charge in [0.2, 0.25) is 0 Å². The van der Waals surface area contributed by atoms with E-state index in [9.17, 15) is 4.79 Å². The summed E-state index contributed by atoms with van der Waals surface area (Å²) in [5.74, 6) is 1.49. The second-order valence-corrected chi connectivity index (χ2v) is 6.11. The number of benzene rings is 1. The zero-order valence-electron chi connectivity index (χ0n) is 11.4. The van der Waals surface area contributed by atoms with Gasteiger partial charge in [0.25, 0.3) is 5.91 Å². The number of hydrogen-bond acceptors (Lipinski definition) is 4. The Morgan fingerprint density at radius 1 is 1.38 bits per heavy atom. The van der Waals surface area contributed by atoms with Gasteiger partial charge >= 0.3 is 0 Å². The van der Waals surface area contributed by atoms with Crippen molar-refractivity contribution in [3.63, 3.8) is 0 Å². The van der Waals surface area contributed by atoms with Crippen molar-refractivity contribution in [2.75, 3.05) is 12.3 Å². The number of carbonyl (C=O) groups excluding carboxylic acids is 1. The number of rotatable bonds is 2. The molecule has 0 saturated carbocycles. The zero-order chi connectivity index (χ0) is 14.8. The Hall–Kier alpha value is -1.72. The number of hydrogen-bond donors (Lipinski definition) is 1. The largest absolute Gasteiger partial charge is 0.451 e. The van der Waals surface area contributed by atoms with Crippen LogP contribution in [-0.2, 0) is 0 Å². The predicted molar refractivity (Wildman–Crippen MR) is 86.1 cm³/mol. The fourth-order valence-electron chi connectivity index (χ4n) is 1.93. The lowest BCUT2D eigenvalue weighted by molar-refractivity contribution is 0.0952. The van der Waals surface area contributed by atoms with E-state index in [4.69, 9.17) is 16.0 Å². The smallest absolute Gasteiger partial charge is 0.292 e. The molecule has 1 aliphatic heterocycles. The van der Waals surface area contributed by atoms with Gasteiger partial charge in [0.05, 0.1) is 6.54 Å². The number of aliphatic imine (C=N–C) groups is 1. The number of aryl methyl sites for hydroxylation is 1. The van der Waals surface area contributed by atoms with Crippen molar-refractivity contribution in [2.24, 2.45) is 4.99 Å². The maximum atomic E-state index is 12.0. The number of furan rings is 1. The standard InChI is InChI=1S/C15H13ClN2O2S/c1-9-2-3-10(8-11(9)16)12-4-5-13(20-12)14(19)18-15-17-6-7-21-15/h2-5,8H,6-7H2,1H3,(H,17,18,19). The highest BCUT2D eigenvalue weighted by Crippen LogP contribution is 2.27. The monoisotopic (exact) mass is 320 g/mol. The molecule has 0 fully saturated rings. The van der Waals surface area contributed by atoms with Crippen LogP contribution in [0.1, 0.15) is 16.1 Å². The van der Waals surface area contributed by atoms with E-state index in [-0.39, 0.29) is 11.7 Å². The molecule has 1 aromatic carbocycles. The summed E-state index contributed by atoms with van der Waals surface area (Å²) in [4.78, 5) is 16.2. The van der Waals surface area contributed by atoms with E-state index in [0.29, 0.717) is 16.0 Å². The molecule has 1 aromatic heterocycles. The predicted octanol–water partition coefficient (Wildman–Crippen LogP) is 3.74. The average Bonchev–Trinajstić information content (AvgIpc) is 3.12. The van der Waals surface area contributed by atoms with E-state index in [1.54, 1.807) is 12.1 Å². The Balaban J connectivity index is 1.79. The molecule has 1 N–H and O–H groups in total. The van der Waals surface area contributed by atoms with Crippen LogP contribution in [0.4, 0.5) is 0 Å². The Morgan fingerprint density at radius 2 is 2.24 bits per heavy atom. The lowest BCUT2D eigenvalue weighted by Crippen LogP contribution is -2.26. The first-order valence-corrected chi connectivity index (χ1v) is 7.85. The molecule has 2 heterocycles. The third-order valence-corrected chi connectivity index (χ3v) is 4.39. The molecule has 3 rings (SSSR count). The van der Waals surface area contributed by atoms with Crippen LogP contribution in [0.15, 0.2) is 39.7 Å². The fraction of sp³-hybridized carbons (Fsp3) is 0.200. The van der Waals surface area contributed by atoms with Crippen LogP contribution in [-0.4, -0.2) is 23.4 Å². The SMILES string of the molecule is Cc1ccc(-c2ccc(C(=O)NC3=NCCS3)o2)cc1Cl. The lowest BCUT2D eigenvalue weighted by atomic mass is 10.1. The molecule has 1 aliphatic rings. The summed E-state index contributed by atoms with van der Waals surface area (Å²) in [6.07, 6.45) is 0. The summed E-state index contributed by atoms with van der Waals surface area (Å²) >= 11 is 7.64. The van der Waals surface area contributed by atoms with Gasteiger partial charge in [-0.25, -0.2) is 0 Å². The molecule has 2 aromatic rings. The zero-order valence-corrected chi connectivity index (χ0v) is 12.9. The summed E-state index contributed by atoms with van der Waals surface area (Å²) in [6.45, 7) is 2.68. The molecule has 1 amide bonds. The molecular formula is C15H13ClN2O2S. The molecule has 0 unspecified atom stereocenters. The van der Waals surface area contributed by atoms with Crippen molar-refractivity contribution >= 4 is 34.4 Å². The van der Waals surface area contributed by atoms with Gasteiger partial charge in [0.15, 0.2) is 10.9 Å². The van der Waals surface area contributed by atoms with Gasteiger partial charge in [-0.05, 0) is 30.7 Å². The molecule has 0 radical (unpaired) electrons. The molecule has 0 bridgehead atoms. The summed E-state index contributed by atoms with van der Waals surface area (Å²) in [7, 11) is 0. The maximum absolute atomic E-state index is 12.0. The molecule has 0 aliphatic carbocycles. The van der Waals surface area contributed by atoms with Gasteiger partial charge in [0, 0.05) is 16.3 Å². The molecule has 0 atom stereocenters. The highest BCUT2D eigenvalue weighted by Gasteiger charge is 2.16. The van der Waals surface area contributed by atoms with Crippen LogP contribution in [0.3, 0.4) is 0 Å². The Morgan fingerprint density at radius 3 is 2.95 bits per heavy atom.